The fourth-order valence-corrected chi connectivity index (χ4v) is 0.223. The molecule has 0 atom stereocenters. The average Bonchev–Trinajstić information content (AvgIpc) is 1.62. The quantitative estimate of drug-likeness (QED) is 0.339. The van der Waals surface area contributed by atoms with Crippen LogP contribution < -0.4 is 113 Å². The summed E-state index contributed by atoms with van der Waals surface area (Å²) in [5, 5.41) is 16.7. The van der Waals surface area contributed by atoms with Gasteiger partial charge < -0.3 is 19.7 Å². The Morgan fingerprint density at radius 1 is 1.33 bits per heavy atom. The first kappa shape index (κ1) is 23.8. The Hall–Kier alpha value is 2.30. The summed E-state index contributed by atoms with van der Waals surface area (Å²) in [6.45, 7) is 2.04. The van der Waals surface area contributed by atoms with E-state index in [1.165, 1.54) is 0 Å². The fourth-order valence-electron chi connectivity index (χ4n) is 0.113. The smallest absolute Gasteiger partial charge is 0.652 e. The Morgan fingerprint density at radius 3 is 1.58 bits per heavy atom. The van der Waals surface area contributed by atoms with Crippen molar-refractivity contribution < 1.29 is 127 Å². The van der Waals surface area contributed by atoms with Gasteiger partial charge in [0.15, 0.2) is 0 Å². The molecule has 0 aromatic carbocycles. The zero-order valence-corrected chi connectivity index (χ0v) is 14.1. The molecule has 12 heavy (non-hydrogen) atoms. The number of halogens is 1. The molecular formula is C4H5ClK2O5. The number of hydrogen-bond acceptors (Lipinski definition) is 5. The Labute approximate surface area is 160 Å². The van der Waals surface area contributed by atoms with Crippen LogP contribution in [0.5, 0.6) is 0 Å². The van der Waals surface area contributed by atoms with E-state index in [2.05, 4.69) is 4.74 Å². The molecule has 0 aliphatic rings. The Bertz CT molecular complexity index is 116. The molecule has 0 aliphatic heterocycles. The number of carbonyl (C=O) groups excluding carboxylic acids is 2. The number of carbonyl (C=O) groups is 2. The molecule has 0 saturated carbocycles. The number of hydrogen-bond donors (Lipinski definition) is 0. The van der Waals surface area contributed by atoms with Gasteiger partial charge in [-0.05, 0) is 13.1 Å². The summed E-state index contributed by atoms with van der Waals surface area (Å²) in [5.41, 5.74) is -0.738. The van der Waals surface area contributed by atoms with Crippen molar-refractivity contribution in [1.82, 2.24) is 0 Å². The van der Waals surface area contributed by atoms with Gasteiger partial charge in [0.25, 0.3) is 0 Å². The third kappa shape index (κ3) is 55.9. The topological polar surface area (TPSA) is 89.5 Å². The summed E-state index contributed by atoms with van der Waals surface area (Å²) < 4.78 is 4.17. The van der Waals surface area contributed by atoms with E-state index in [4.69, 9.17) is 26.6 Å². The van der Waals surface area contributed by atoms with Crippen LogP contribution in [-0.2, 0) is 4.74 Å². The molecule has 0 unspecified atom stereocenters. The van der Waals surface area contributed by atoms with E-state index >= 15 is 0 Å². The van der Waals surface area contributed by atoms with E-state index in [-0.39, 0.29) is 103 Å². The molecule has 0 N–H and O–H groups in total. The molecule has 8 heteroatoms. The van der Waals surface area contributed by atoms with E-state index in [1.807, 2.05) is 0 Å². The summed E-state index contributed by atoms with van der Waals surface area (Å²) >= 11 is 4.72. The van der Waals surface area contributed by atoms with Crippen molar-refractivity contribution in [3.05, 3.63) is 0 Å². The van der Waals surface area contributed by atoms with Crippen molar-refractivity contribution in [2.24, 2.45) is 0 Å². The van der Waals surface area contributed by atoms with Crippen LogP contribution in [0, 0.1) is 0 Å². The maximum atomic E-state index is 9.59. The Morgan fingerprint density at radius 2 is 1.58 bits per heavy atom. The van der Waals surface area contributed by atoms with Crippen molar-refractivity contribution in [2.75, 3.05) is 6.61 Å². The van der Waals surface area contributed by atoms with E-state index < -0.39 is 11.6 Å². The second kappa shape index (κ2) is 19.0. The van der Waals surface area contributed by atoms with Gasteiger partial charge in [-0.15, -0.1) is 0 Å². The summed E-state index contributed by atoms with van der Waals surface area (Å²) in [7, 11) is 0. The van der Waals surface area contributed by atoms with Gasteiger partial charge in [-0.3, -0.25) is 0 Å². The zero-order valence-electron chi connectivity index (χ0n) is 7.13. The van der Waals surface area contributed by atoms with Crippen molar-refractivity contribution in [1.29, 1.82) is 0 Å². The molecule has 0 bridgehead atoms. The van der Waals surface area contributed by atoms with Gasteiger partial charge in [-0.25, -0.2) is 4.79 Å². The maximum absolute atomic E-state index is 9.59. The number of rotatable bonds is 1. The summed E-state index contributed by atoms with van der Waals surface area (Å²) in [6.07, 6.45) is -2.33. The Balaban J connectivity index is -0.0000000483. The summed E-state index contributed by atoms with van der Waals surface area (Å²) in [6, 6.07) is 0. The van der Waals surface area contributed by atoms with E-state index in [0.29, 0.717) is 6.61 Å². The SMILES string of the molecule is CCOC(=O)Cl.O=C([O-])[O-].[K+].[K+]. The van der Waals surface area contributed by atoms with Crippen molar-refractivity contribution in [3.8, 4) is 0 Å². The third-order valence-electron chi connectivity index (χ3n) is 0.258. The molecule has 0 spiro atoms. The zero-order chi connectivity index (χ0) is 8.57. The first-order chi connectivity index (χ1) is 4.50. The van der Waals surface area contributed by atoms with Gasteiger partial charge >= 0.3 is 108 Å². The van der Waals surface area contributed by atoms with Crippen LogP contribution in [0.2, 0.25) is 0 Å². The predicted molar refractivity (Wildman–Crippen MR) is 28.3 cm³/mol. The van der Waals surface area contributed by atoms with Crippen molar-refractivity contribution in [3.63, 3.8) is 0 Å². The van der Waals surface area contributed by atoms with Gasteiger partial charge in [0.1, 0.15) is 0 Å². The fraction of sp³-hybridized carbons (Fsp3) is 0.500. The molecule has 60 valence electrons. The standard InChI is InChI=1S/C3H5ClO2.CH2O3.2K/c1-2-6-3(4)5;2-1(3)4;;/h2H2,1H3;(H2,2,3,4);;/q;;2*+1/p-2. The van der Waals surface area contributed by atoms with Crippen LogP contribution in [-0.4, -0.2) is 18.2 Å². The van der Waals surface area contributed by atoms with Gasteiger partial charge in [0, 0.05) is 11.6 Å². The molecule has 0 saturated heterocycles. The molecule has 0 fully saturated rings. The minimum absolute atomic E-state index is 0. The van der Waals surface area contributed by atoms with Crippen molar-refractivity contribution in [2.45, 2.75) is 6.92 Å². The van der Waals surface area contributed by atoms with E-state index in [9.17, 15) is 4.79 Å². The minimum Gasteiger partial charge on any atom is -0.652 e. The molecule has 0 aromatic heterocycles. The molecule has 0 aliphatic carbocycles. The Kier molecular flexibility index (Phi) is 37.7. The average molecular weight is 247 g/mol. The third-order valence-corrected chi connectivity index (χ3v) is 0.367. The van der Waals surface area contributed by atoms with Crippen LogP contribution in [0.4, 0.5) is 9.59 Å². The van der Waals surface area contributed by atoms with Gasteiger partial charge in [-0.2, -0.15) is 0 Å². The van der Waals surface area contributed by atoms with Crippen LogP contribution in [0.25, 0.3) is 0 Å². The molecule has 5 nitrogen and oxygen atoms in total. The molecule has 0 amide bonds. The van der Waals surface area contributed by atoms with E-state index in [1.54, 1.807) is 6.92 Å². The van der Waals surface area contributed by atoms with Gasteiger partial charge in [0.2, 0.25) is 0 Å². The number of carboxylic acid groups (broad SMARTS) is 2. The molecule has 0 rings (SSSR count). The molecule has 0 heterocycles. The minimum atomic E-state index is -2.33. The molecule has 0 radical (unpaired) electrons. The van der Waals surface area contributed by atoms with Crippen molar-refractivity contribution >= 4 is 23.2 Å². The number of ether oxygens (including phenoxy) is 1. The molecular weight excluding hydrogens is 242 g/mol. The van der Waals surface area contributed by atoms with Crippen LogP contribution in [0.15, 0.2) is 0 Å². The second-order valence-electron chi connectivity index (χ2n) is 0.921. The van der Waals surface area contributed by atoms with E-state index in [0.717, 1.165) is 0 Å². The van der Waals surface area contributed by atoms with Crippen LogP contribution >= 0.6 is 11.6 Å². The first-order valence-corrected chi connectivity index (χ1v) is 2.58. The van der Waals surface area contributed by atoms with Crippen LogP contribution in [0.3, 0.4) is 0 Å². The normalized spacial score (nSPS) is 5.83. The monoisotopic (exact) mass is 246 g/mol. The summed E-state index contributed by atoms with van der Waals surface area (Å²) in [5.74, 6) is 0. The largest absolute Gasteiger partial charge is 1.00 e. The first-order valence-electron chi connectivity index (χ1n) is 2.21. The van der Waals surface area contributed by atoms with Gasteiger partial charge in [0.05, 0.1) is 6.61 Å². The maximum Gasteiger partial charge on any atom is 1.00 e. The predicted octanol–water partition coefficient (Wildman–Crippen LogP) is -7.06. The second-order valence-corrected chi connectivity index (χ2v) is 1.23. The van der Waals surface area contributed by atoms with Crippen LogP contribution in [0.1, 0.15) is 6.92 Å². The molecule has 0 aromatic rings. The summed E-state index contributed by atoms with van der Waals surface area (Å²) in [4.78, 5) is 17.9. The van der Waals surface area contributed by atoms with Gasteiger partial charge in [-0.1, -0.05) is 0 Å².